The van der Waals surface area contributed by atoms with Crippen LogP contribution in [0.15, 0.2) is 48.8 Å². The van der Waals surface area contributed by atoms with E-state index in [1.807, 2.05) is 30.5 Å². The maximum atomic E-state index is 12.4. The van der Waals surface area contributed by atoms with Crippen LogP contribution in [-0.2, 0) is 0 Å². The first-order valence-corrected chi connectivity index (χ1v) is 10.2. The van der Waals surface area contributed by atoms with Crippen molar-refractivity contribution < 1.29 is 4.79 Å². The van der Waals surface area contributed by atoms with Crippen molar-refractivity contribution in [2.75, 3.05) is 18.4 Å². The molecule has 4 heterocycles. The molecule has 146 valence electrons. The highest BCUT2D eigenvalue weighted by atomic mass is 32.1. The number of hydrogen-bond acceptors (Lipinski definition) is 7. The zero-order chi connectivity index (χ0) is 19.6. The summed E-state index contributed by atoms with van der Waals surface area (Å²) in [6.07, 6.45) is 4.60. The van der Waals surface area contributed by atoms with Crippen molar-refractivity contribution in [3.63, 3.8) is 0 Å². The number of hydrogen-bond donors (Lipinski definition) is 4. The third-order valence-corrected chi connectivity index (χ3v) is 5.77. The van der Waals surface area contributed by atoms with Gasteiger partial charge in [-0.2, -0.15) is 5.10 Å². The number of thiazole rings is 1. The molecule has 1 amide bonds. The number of H-pyrrole nitrogens is 1. The van der Waals surface area contributed by atoms with Crippen LogP contribution in [-0.4, -0.2) is 45.2 Å². The van der Waals surface area contributed by atoms with E-state index >= 15 is 0 Å². The van der Waals surface area contributed by atoms with Crippen LogP contribution in [0, 0.1) is 0 Å². The number of pyridine rings is 1. The third kappa shape index (κ3) is 3.82. The van der Waals surface area contributed by atoms with E-state index in [1.165, 1.54) is 0 Å². The molecule has 1 fully saturated rings. The van der Waals surface area contributed by atoms with Gasteiger partial charge in [0.2, 0.25) is 0 Å². The molecule has 1 atom stereocenters. The van der Waals surface area contributed by atoms with Gasteiger partial charge in [0, 0.05) is 24.3 Å². The Morgan fingerprint density at radius 1 is 1.17 bits per heavy atom. The highest BCUT2D eigenvalue weighted by molar-refractivity contribution is 7.22. The van der Waals surface area contributed by atoms with Crippen molar-refractivity contribution in [1.82, 2.24) is 30.8 Å². The highest BCUT2D eigenvalue weighted by Gasteiger charge is 2.18. The Morgan fingerprint density at radius 3 is 2.97 bits per heavy atom. The Bertz CT molecular complexity index is 1150. The minimum Gasteiger partial charge on any atom is -0.347 e. The van der Waals surface area contributed by atoms with Crippen molar-refractivity contribution in [3.05, 3.63) is 54.5 Å². The predicted octanol–water partition coefficient (Wildman–Crippen LogP) is 2.92. The molecule has 1 aliphatic rings. The zero-order valence-corrected chi connectivity index (χ0v) is 16.3. The highest BCUT2D eigenvalue weighted by Crippen LogP contribution is 2.31. The molecular formula is C20H19N7OS. The molecule has 1 saturated heterocycles. The van der Waals surface area contributed by atoms with Gasteiger partial charge in [-0.3, -0.25) is 9.89 Å². The second kappa shape index (κ2) is 7.61. The summed E-state index contributed by atoms with van der Waals surface area (Å²) in [5.41, 5.74) is 3.42. The molecule has 0 radical (unpaired) electrons. The van der Waals surface area contributed by atoms with Gasteiger partial charge in [0.1, 0.15) is 11.5 Å². The number of carbonyl (C=O) groups excluding carboxylic acids is 1. The SMILES string of the molecule is O=C(NC1CCNC1)c1cccc(Nc2nc3ccc(-c4cn[nH]c4)cc3s2)n1. The summed E-state index contributed by atoms with van der Waals surface area (Å²) in [6.45, 7) is 1.73. The number of rotatable bonds is 5. The quantitative estimate of drug-likeness (QED) is 0.407. The van der Waals surface area contributed by atoms with Gasteiger partial charge in [-0.05, 0) is 42.8 Å². The third-order valence-electron chi connectivity index (χ3n) is 4.83. The number of nitrogens with one attached hydrogen (secondary N) is 4. The van der Waals surface area contributed by atoms with Gasteiger partial charge in [0.15, 0.2) is 5.13 Å². The summed E-state index contributed by atoms with van der Waals surface area (Å²) >= 11 is 1.54. The minimum atomic E-state index is -0.156. The van der Waals surface area contributed by atoms with E-state index < -0.39 is 0 Å². The number of aromatic nitrogens is 4. The van der Waals surface area contributed by atoms with Crippen molar-refractivity contribution in [2.24, 2.45) is 0 Å². The number of carbonyl (C=O) groups is 1. The van der Waals surface area contributed by atoms with E-state index in [0.717, 1.165) is 46.0 Å². The molecule has 29 heavy (non-hydrogen) atoms. The van der Waals surface area contributed by atoms with E-state index in [0.29, 0.717) is 11.5 Å². The van der Waals surface area contributed by atoms with Gasteiger partial charge in [-0.25, -0.2) is 9.97 Å². The van der Waals surface area contributed by atoms with Crippen molar-refractivity contribution >= 4 is 38.4 Å². The van der Waals surface area contributed by atoms with Crippen LogP contribution in [0.25, 0.3) is 21.3 Å². The largest absolute Gasteiger partial charge is 0.347 e. The average Bonchev–Trinajstić information content (AvgIpc) is 3.49. The van der Waals surface area contributed by atoms with E-state index in [2.05, 4.69) is 42.2 Å². The standard InChI is InChI=1S/C20H19N7OS/c28-19(24-14-6-7-21-11-14)16-2-1-3-18(25-16)27-20-26-15-5-4-12(8-17(15)29-20)13-9-22-23-10-13/h1-5,8-10,14,21H,6-7,11H2,(H,22,23)(H,24,28)(H,25,26,27). The van der Waals surface area contributed by atoms with Gasteiger partial charge in [0.25, 0.3) is 5.91 Å². The zero-order valence-electron chi connectivity index (χ0n) is 15.5. The van der Waals surface area contributed by atoms with Crippen LogP contribution >= 0.6 is 11.3 Å². The molecule has 3 aromatic heterocycles. The van der Waals surface area contributed by atoms with Gasteiger partial charge >= 0.3 is 0 Å². The topological polar surface area (TPSA) is 108 Å². The molecule has 0 bridgehead atoms. The molecule has 1 aromatic carbocycles. The van der Waals surface area contributed by atoms with Crippen LogP contribution in [0.5, 0.6) is 0 Å². The smallest absolute Gasteiger partial charge is 0.270 e. The molecule has 0 aliphatic carbocycles. The van der Waals surface area contributed by atoms with Crippen LogP contribution in [0.4, 0.5) is 10.9 Å². The van der Waals surface area contributed by atoms with Crippen molar-refractivity contribution in [2.45, 2.75) is 12.5 Å². The number of anilines is 2. The lowest BCUT2D eigenvalue weighted by molar-refractivity contribution is 0.0935. The fourth-order valence-corrected chi connectivity index (χ4v) is 4.26. The Hall–Kier alpha value is -3.30. The Labute approximate surface area is 170 Å². The maximum Gasteiger partial charge on any atom is 0.270 e. The Kier molecular flexibility index (Phi) is 4.66. The fourth-order valence-electron chi connectivity index (χ4n) is 3.34. The number of fused-ring (bicyclic) bond motifs is 1. The molecule has 1 unspecified atom stereocenters. The predicted molar refractivity (Wildman–Crippen MR) is 113 cm³/mol. The monoisotopic (exact) mass is 405 g/mol. The molecule has 0 spiro atoms. The summed E-state index contributed by atoms with van der Waals surface area (Å²) in [4.78, 5) is 21.5. The first-order chi connectivity index (χ1) is 14.2. The molecule has 4 aromatic rings. The molecule has 8 nitrogen and oxygen atoms in total. The Morgan fingerprint density at radius 2 is 2.14 bits per heavy atom. The minimum absolute atomic E-state index is 0.156. The van der Waals surface area contributed by atoms with Crippen molar-refractivity contribution in [1.29, 1.82) is 0 Å². The summed E-state index contributed by atoms with van der Waals surface area (Å²) in [5.74, 6) is 0.438. The first kappa shape index (κ1) is 17.8. The molecular weight excluding hydrogens is 386 g/mol. The lowest BCUT2D eigenvalue weighted by Crippen LogP contribution is -2.36. The van der Waals surface area contributed by atoms with Gasteiger partial charge in [0.05, 0.1) is 16.4 Å². The summed E-state index contributed by atoms with van der Waals surface area (Å²) in [7, 11) is 0. The fraction of sp³-hybridized carbons (Fsp3) is 0.200. The first-order valence-electron chi connectivity index (χ1n) is 9.40. The van der Waals surface area contributed by atoms with Crippen LogP contribution in [0.1, 0.15) is 16.9 Å². The van der Waals surface area contributed by atoms with Crippen LogP contribution in [0.2, 0.25) is 0 Å². The molecule has 1 aliphatic heterocycles. The second-order valence-corrected chi connectivity index (χ2v) is 7.92. The second-order valence-electron chi connectivity index (χ2n) is 6.88. The van der Waals surface area contributed by atoms with E-state index in [9.17, 15) is 4.79 Å². The van der Waals surface area contributed by atoms with Crippen LogP contribution < -0.4 is 16.0 Å². The molecule has 5 rings (SSSR count). The summed E-state index contributed by atoms with van der Waals surface area (Å²) < 4.78 is 1.06. The molecule has 9 heteroatoms. The number of benzene rings is 1. The van der Waals surface area contributed by atoms with E-state index in [-0.39, 0.29) is 11.9 Å². The lowest BCUT2D eigenvalue weighted by atomic mass is 10.1. The summed E-state index contributed by atoms with van der Waals surface area (Å²) in [5, 5.41) is 17.0. The van der Waals surface area contributed by atoms with Gasteiger partial charge < -0.3 is 16.0 Å². The number of aromatic amines is 1. The number of nitrogens with zero attached hydrogens (tertiary/aromatic N) is 3. The maximum absolute atomic E-state index is 12.4. The van der Waals surface area contributed by atoms with Crippen LogP contribution in [0.3, 0.4) is 0 Å². The summed E-state index contributed by atoms with van der Waals surface area (Å²) in [6, 6.07) is 11.6. The Balaban J connectivity index is 1.34. The molecule has 4 N–H and O–H groups in total. The van der Waals surface area contributed by atoms with Crippen molar-refractivity contribution in [3.8, 4) is 11.1 Å². The van der Waals surface area contributed by atoms with E-state index in [4.69, 9.17) is 0 Å². The van der Waals surface area contributed by atoms with Gasteiger partial charge in [-0.1, -0.05) is 23.5 Å². The molecule has 0 saturated carbocycles. The number of amides is 1. The average molecular weight is 405 g/mol. The lowest BCUT2D eigenvalue weighted by Gasteiger charge is -2.11. The van der Waals surface area contributed by atoms with E-state index in [1.54, 1.807) is 23.6 Å². The normalized spacial score (nSPS) is 16.2. The van der Waals surface area contributed by atoms with Gasteiger partial charge in [-0.15, -0.1) is 0 Å².